The summed E-state index contributed by atoms with van der Waals surface area (Å²) in [7, 11) is 0. The third kappa shape index (κ3) is 6.85. The number of benzene rings is 1. The first-order chi connectivity index (χ1) is 21.9. The van der Waals surface area contributed by atoms with E-state index in [0.717, 1.165) is 23.6 Å². The number of aromatic nitrogens is 7. The molecule has 47 heavy (non-hydrogen) atoms. The molecule has 1 unspecified atom stereocenters. The zero-order valence-electron chi connectivity index (χ0n) is 23.5. The molecular formula is C26H19Cl3F7N9O2. The topological polar surface area (TPSA) is 133 Å². The van der Waals surface area contributed by atoms with Crippen LogP contribution >= 0.6 is 34.8 Å². The smallest absolute Gasteiger partial charge is 0.349 e. The van der Waals surface area contributed by atoms with E-state index in [-0.39, 0.29) is 54.4 Å². The van der Waals surface area contributed by atoms with Gasteiger partial charge in [-0.2, -0.15) is 36.2 Å². The Morgan fingerprint density at radius 3 is 2.28 bits per heavy atom. The van der Waals surface area contributed by atoms with E-state index in [9.17, 15) is 40.3 Å². The number of tetrazole rings is 1. The van der Waals surface area contributed by atoms with Gasteiger partial charge in [-0.15, -0.1) is 10.2 Å². The van der Waals surface area contributed by atoms with Crippen LogP contribution in [0.4, 0.5) is 36.4 Å². The largest absolute Gasteiger partial charge is 0.439 e. The molecule has 5 rings (SSSR count). The molecule has 2 N–H and O–H groups in total. The Labute approximate surface area is 274 Å². The van der Waals surface area contributed by atoms with Gasteiger partial charge >= 0.3 is 18.0 Å². The summed E-state index contributed by atoms with van der Waals surface area (Å²) in [6.07, 6.45) is -9.75. The van der Waals surface area contributed by atoms with Crippen molar-refractivity contribution in [2.45, 2.75) is 50.4 Å². The van der Waals surface area contributed by atoms with E-state index in [0.29, 0.717) is 5.92 Å². The standard InChI is InChI=1S/C26H19Cl3F7N9O2/c1-11(12-4-5-12)38-21(46)15-7-13(27)8-17(29)19(15)39-22(47)18-9-14(41-45(18)20-16(28)3-2-6-37-20)10-44-42-23(40-43-44)24(30,25(31,32)33)26(34,35)36/h2-3,6-9,11-12H,4-5,10H2,1H3,(H,38,46)(H,39,47). The third-order valence-corrected chi connectivity index (χ3v) is 7.82. The van der Waals surface area contributed by atoms with Crippen LogP contribution in [0.5, 0.6) is 0 Å². The molecule has 1 aromatic carbocycles. The Hall–Kier alpha value is -4.03. The van der Waals surface area contributed by atoms with Crippen LogP contribution in [0.1, 0.15) is 52.1 Å². The molecule has 1 atom stereocenters. The lowest BCUT2D eigenvalue weighted by Gasteiger charge is -2.26. The van der Waals surface area contributed by atoms with Gasteiger partial charge in [0.25, 0.3) is 11.8 Å². The Balaban J connectivity index is 1.50. The molecular weight excluding hydrogens is 710 g/mol. The minimum absolute atomic E-state index is 0.0198. The first-order valence-electron chi connectivity index (χ1n) is 13.3. The number of alkyl halides is 7. The molecule has 3 heterocycles. The van der Waals surface area contributed by atoms with E-state index in [1.54, 1.807) is 0 Å². The molecule has 0 radical (unpaired) electrons. The fourth-order valence-corrected chi connectivity index (χ4v) is 5.17. The number of carbonyl (C=O) groups is 2. The van der Waals surface area contributed by atoms with Gasteiger partial charge in [-0.3, -0.25) is 9.59 Å². The Morgan fingerprint density at radius 2 is 1.66 bits per heavy atom. The van der Waals surface area contributed by atoms with Crippen molar-refractivity contribution in [3.63, 3.8) is 0 Å². The fourth-order valence-electron chi connectivity index (χ4n) is 4.43. The highest BCUT2D eigenvalue weighted by Crippen LogP contribution is 2.51. The second-order valence-electron chi connectivity index (χ2n) is 10.4. The molecule has 4 aromatic rings. The summed E-state index contributed by atoms with van der Waals surface area (Å²) < 4.78 is 94.3. The Morgan fingerprint density at radius 1 is 0.979 bits per heavy atom. The van der Waals surface area contributed by atoms with E-state index in [1.165, 1.54) is 30.5 Å². The van der Waals surface area contributed by atoms with Crippen LogP contribution in [-0.4, -0.2) is 65.2 Å². The molecule has 11 nitrogen and oxygen atoms in total. The maximum atomic E-state index is 14.4. The number of pyridine rings is 1. The quantitative estimate of drug-likeness (QED) is 0.193. The highest BCUT2D eigenvalue weighted by atomic mass is 35.5. The monoisotopic (exact) mass is 727 g/mol. The number of amides is 2. The van der Waals surface area contributed by atoms with Gasteiger partial charge in [0.15, 0.2) is 5.82 Å². The van der Waals surface area contributed by atoms with Gasteiger partial charge in [-0.1, -0.05) is 34.8 Å². The first-order valence-corrected chi connectivity index (χ1v) is 14.5. The van der Waals surface area contributed by atoms with E-state index in [4.69, 9.17) is 34.8 Å². The molecule has 0 bridgehead atoms. The Kier molecular flexibility index (Phi) is 9.15. The summed E-state index contributed by atoms with van der Waals surface area (Å²) in [5.74, 6) is -3.67. The van der Waals surface area contributed by atoms with Gasteiger partial charge in [-0.25, -0.2) is 14.1 Å². The molecule has 21 heteroatoms. The second kappa shape index (κ2) is 12.5. The van der Waals surface area contributed by atoms with Gasteiger partial charge in [0.1, 0.15) is 12.2 Å². The van der Waals surface area contributed by atoms with Crippen molar-refractivity contribution in [2.75, 3.05) is 5.32 Å². The number of rotatable bonds is 9. The van der Waals surface area contributed by atoms with Crippen molar-refractivity contribution < 1.29 is 40.3 Å². The molecule has 2 amide bonds. The highest BCUT2D eigenvalue weighted by molar-refractivity contribution is 6.38. The number of hydrogen-bond donors (Lipinski definition) is 2. The maximum absolute atomic E-state index is 14.4. The lowest BCUT2D eigenvalue weighted by atomic mass is 10.1. The van der Waals surface area contributed by atoms with Crippen LogP contribution in [0.15, 0.2) is 36.5 Å². The van der Waals surface area contributed by atoms with Crippen LogP contribution in [0.3, 0.4) is 0 Å². The molecule has 1 aliphatic carbocycles. The van der Waals surface area contributed by atoms with Crippen molar-refractivity contribution in [2.24, 2.45) is 5.92 Å². The van der Waals surface area contributed by atoms with Crippen LogP contribution < -0.4 is 10.6 Å². The number of carbonyl (C=O) groups excluding carboxylic acids is 2. The number of halogens is 10. The number of nitrogens with zero attached hydrogens (tertiary/aromatic N) is 7. The molecule has 0 spiro atoms. The summed E-state index contributed by atoms with van der Waals surface area (Å²) in [5, 5.41) is 18.2. The van der Waals surface area contributed by atoms with E-state index >= 15 is 0 Å². The van der Waals surface area contributed by atoms with Gasteiger partial charge < -0.3 is 10.6 Å². The minimum Gasteiger partial charge on any atom is -0.349 e. The molecule has 1 saturated carbocycles. The molecule has 0 aliphatic heterocycles. The number of anilines is 1. The third-order valence-electron chi connectivity index (χ3n) is 7.00. The van der Waals surface area contributed by atoms with Gasteiger partial charge in [0, 0.05) is 17.3 Å². The normalized spacial score (nSPS) is 14.6. The average Bonchev–Trinajstić information content (AvgIpc) is 3.59. The number of nitrogens with one attached hydrogen (secondary N) is 2. The lowest BCUT2D eigenvalue weighted by Crippen LogP contribution is -2.51. The summed E-state index contributed by atoms with van der Waals surface area (Å²) in [6.45, 7) is 1.04. The lowest BCUT2D eigenvalue weighted by molar-refractivity contribution is -0.351. The molecule has 3 aromatic heterocycles. The number of hydrogen-bond acceptors (Lipinski definition) is 7. The van der Waals surface area contributed by atoms with Gasteiger partial charge in [0.2, 0.25) is 5.82 Å². The summed E-state index contributed by atoms with van der Waals surface area (Å²) in [5.41, 5.74) is -6.70. The van der Waals surface area contributed by atoms with Gasteiger partial charge in [-0.05, 0) is 61.2 Å². The Bertz CT molecular complexity index is 1830. The zero-order chi connectivity index (χ0) is 34.5. The summed E-state index contributed by atoms with van der Waals surface area (Å²) in [6, 6.07) is 6.30. The van der Waals surface area contributed by atoms with Crippen LogP contribution in [0.25, 0.3) is 5.82 Å². The van der Waals surface area contributed by atoms with E-state index in [2.05, 4.69) is 36.1 Å². The molecule has 250 valence electrons. The maximum Gasteiger partial charge on any atom is 0.439 e. The second-order valence-corrected chi connectivity index (χ2v) is 11.7. The van der Waals surface area contributed by atoms with Crippen molar-refractivity contribution >= 4 is 52.3 Å². The van der Waals surface area contributed by atoms with E-state index < -0.39 is 42.2 Å². The SMILES string of the molecule is CC(NC(=O)c1cc(Cl)cc(Cl)c1NC(=O)c1cc(Cn2nnc(C(F)(C(F)(F)F)C(F)(F)F)n2)nn1-c1ncccc1Cl)C1CC1. The summed E-state index contributed by atoms with van der Waals surface area (Å²) >= 11 is 18.8. The zero-order valence-corrected chi connectivity index (χ0v) is 25.7. The van der Waals surface area contributed by atoms with Crippen molar-refractivity contribution in [1.82, 2.24) is 40.3 Å². The molecule has 1 aliphatic rings. The van der Waals surface area contributed by atoms with Gasteiger partial charge in [0.05, 0.1) is 27.0 Å². The van der Waals surface area contributed by atoms with Crippen molar-refractivity contribution in [3.8, 4) is 5.82 Å². The molecule has 1 fully saturated rings. The van der Waals surface area contributed by atoms with Crippen LogP contribution in [0.2, 0.25) is 15.1 Å². The van der Waals surface area contributed by atoms with Crippen molar-refractivity contribution in [1.29, 1.82) is 0 Å². The van der Waals surface area contributed by atoms with Crippen LogP contribution in [-0.2, 0) is 12.2 Å². The average molecular weight is 729 g/mol. The minimum atomic E-state index is -6.46. The predicted molar refractivity (Wildman–Crippen MR) is 152 cm³/mol. The van der Waals surface area contributed by atoms with Crippen molar-refractivity contribution in [3.05, 3.63) is 74.4 Å². The first kappa shape index (κ1) is 34.3. The predicted octanol–water partition coefficient (Wildman–Crippen LogP) is 6.33. The van der Waals surface area contributed by atoms with E-state index in [1.807, 2.05) is 6.92 Å². The fraction of sp³-hybridized carbons (Fsp3) is 0.346. The summed E-state index contributed by atoms with van der Waals surface area (Å²) in [4.78, 5) is 31.1. The highest BCUT2D eigenvalue weighted by Gasteiger charge is 2.76. The molecule has 0 saturated heterocycles. The van der Waals surface area contributed by atoms with Crippen LogP contribution in [0, 0.1) is 5.92 Å².